The minimum absolute atomic E-state index is 0.270. The first-order valence-electron chi connectivity index (χ1n) is 9.17. The monoisotopic (exact) mass is 374 g/mol. The van der Waals surface area contributed by atoms with Gasteiger partial charge in [0.05, 0.1) is 44.1 Å². The van der Waals surface area contributed by atoms with Crippen molar-refractivity contribution in [3.8, 4) is 28.3 Å². The highest BCUT2D eigenvalue weighted by atomic mass is 16.5. The van der Waals surface area contributed by atoms with Crippen LogP contribution in [-0.2, 0) is 6.54 Å². The predicted molar refractivity (Wildman–Crippen MR) is 110 cm³/mol. The maximum Gasteiger partial charge on any atom is 0.119 e. The summed E-state index contributed by atoms with van der Waals surface area (Å²) in [5.74, 6) is 0.821. The van der Waals surface area contributed by atoms with E-state index in [9.17, 15) is 10.2 Å². The second-order valence-electron chi connectivity index (χ2n) is 6.72. The Labute approximate surface area is 163 Å². The van der Waals surface area contributed by atoms with Crippen LogP contribution in [0.3, 0.4) is 0 Å². The molecule has 3 aromatic carbocycles. The quantitative estimate of drug-likeness (QED) is 0.540. The van der Waals surface area contributed by atoms with Gasteiger partial charge in [-0.3, -0.25) is 0 Å². The van der Waals surface area contributed by atoms with Gasteiger partial charge < -0.3 is 19.5 Å². The van der Waals surface area contributed by atoms with E-state index in [1.807, 2.05) is 59.2 Å². The minimum Gasteiger partial charge on any atom is -0.497 e. The topological polar surface area (TPSA) is 67.5 Å². The van der Waals surface area contributed by atoms with Crippen molar-refractivity contribution < 1.29 is 14.9 Å². The van der Waals surface area contributed by atoms with E-state index < -0.39 is 6.10 Å². The van der Waals surface area contributed by atoms with Crippen molar-refractivity contribution in [2.24, 2.45) is 0 Å². The van der Waals surface area contributed by atoms with Gasteiger partial charge in [-0.05, 0) is 29.0 Å². The number of benzene rings is 3. The van der Waals surface area contributed by atoms with Gasteiger partial charge in [-0.15, -0.1) is 0 Å². The van der Waals surface area contributed by atoms with Crippen LogP contribution in [0.4, 0.5) is 0 Å². The molecule has 1 atom stereocenters. The van der Waals surface area contributed by atoms with Crippen molar-refractivity contribution in [2.75, 3.05) is 13.7 Å². The Bertz CT molecular complexity index is 1090. The van der Waals surface area contributed by atoms with Crippen molar-refractivity contribution in [1.29, 1.82) is 0 Å². The minimum atomic E-state index is -0.846. The lowest BCUT2D eigenvalue weighted by Crippen LogP contribution is -2.19. The largest absolute Gasteiger partial charge is 0.497 e. The first-order valence-corrected chi connectivity index (χ1v) is 9.17. The molecule has 0 amide bonds. The molecule has 0 radical (unpaired) electrons. The molecule has 0 saturated heterocycles. The van der Waals surface area contributed by atoms with Crippen molar-refractivity contribution in [2.45, 2.75) is 12.6 Å². The second kappa shape index (κ2) is 7.84. The molecule has 4 rings (SSSR count). The molecular weight excluding hydrogens is 352 g/mol. The molecule has 5 nitrogen and oxygen atoms in total. The Kier molecular flexibility index (Phi) is 5.10. The van der Waals surface area contributed by atoms with Crippen LogP contribution in [0.25, 0.3) is 33.3 Å². The molecule has 1 aromatic heterocycles. The summed E-state index contributed by atoms with van der Waals surface area (Å²) in [5.41, 5.74) is 3.76. The SMILES string of the molecule is COc1ccc2cc(-c3c(-c4ccccc4)ncn3C[C@@H](O)CO)ccc2c1. The van der Waals surface area contributed by atoms with E-state index in [0.29, 0.717) is 0 Å². The molecule has 0 aliphatic heterocycles. The van der Waals surface area contributed by atoms with Crippen LogP contribution in [0.1, 0.15) is 0 Å². The Morgan fingerprint density at radius 2 is 1.71 bits per heavy atom. The number of nitrogens with zero attached hydrogens (tertiary/aromatic N) is 2. The number of aliphatic hydroxyl groups excluding tert-OH is 2. The Morgan fingerprint density at radius 1 is 0.964 bits per heavy atom. The Hall–Kier alpha value is -3.15. The first kappa shape index (κ1) is 18.2. The van der Waals surface area contributed by atoms with Gasteiger partial charge in [0.25, 0.3) is 0 Å². The second-order valence-corrected chi connectivity index (χ2v) is 6.72. The lowest BCUT2D eigenvalue weighted by molar-refractivity contribution is 0.0815. The van der Waals surface area contributed by atoms with E-state index in [0.717, 1.165) is 39.0 Å². The van der Waals surface area contributed by atoms with Gasteiger partial charge in [0, 0.05) is 11.1 Å². The summed E-state index contributed by atoms with van der Waals surface area (Å²) < 4.78 is 7.21. The van der Waals surface area contributed by atoms with Crippen LogP contribution in [-0.4, -0.2) is 39.6 Å². The van der Waals surface area contributed by atoms with Crippen LogP contribution in [0.5, 0.6) is 5.75 Å². The summed E-state index contributed by atoms with van der Waals surface area (Å²) >= 11 is 0. The molecular formula is C23H22N2O3. The summed E-state index contributed by atoms with van der Waals surface area (Å²) in [5, 5.41) is 21.4. The van der Waals surface area contributed by atoms with E-state index in [1.165, 1.54) is 0 Å². The highest BCUT2D eigenvalue weighted by Gasteiger charge is 2.17. The number of fused-ring (bicyclic) bond motifs is 1. The average Bonchev–Trinajstić information content (AvgIpc) is 3.16. The van der Waals surface area contributed by atoms with Crippen LogP contribution in [0, 0.1) is 0 Å². The fraction of sp³-hybridized carbons (Fsp3) is 0.174. The fourth-order valence-electron chi connectivity index (χ4n) is 3.41. The van der Waals surface area contributed by atoms with Gasteiger partial charge in [-0.1, -0.05) is 48.5 Å². The summed E-state index contributed by atoms with van der Waals surface area (Å²) in [4.78, 5) is 4.61. The average molecular weight is 374 g/mol. The Balaban J connectivity index is 1.86. The van der Waals surface area contributed by atoms with Crippen LogP contribution in [0.2, 0.25) is 0 Å². The molecule has 28 heavy (non-hydrogen) atoms. The van der Waals surface area contributed by atoms with Gasteiger partial charge >= 0.3 is 0 Å². The number of ether oxygens (including phenoxy) is 1. The third kappa shape index (κ3) is 3.50. The number of aliphatic hydroxyl groups is 2. The molecule has 4 aromatic rings. The summed E-state index contributed by atoms with van der Waals surface area (Å²) in [6.45, 7) is -0.0257. The van der Waals surface area contributed by atoms with E-state index >= 15 is 0 Å². The maximum atomic E-state index is 9.98. The van der Waals surface area contributed by atoms with Crippen LogP contribution >= 0.6 is 0 Å². The van der Waals surface area contributed by atoms with Gasteiger partial charge in [0.1, 0.15) is 5.75 Å². The molecule has 0 spiro atoms. The predicted octanol–water partition coefficient (Wildman–Crippen LogP) is 3.73. The fourth-order valence-corrected chi connectivity index (χ4v) is 3.41. The number of aromatic nitrogens is 2. The Morgan fingerprint density at radius 3 is 2.46 bits per heavy atom. The molecule has 0 unspecified atom stereocenters. The molecule has 0 aliphatic carbocycles. The van der Waals surface area contributed by atoms with E-state index in [2.05, 4.69) is 17.1 Å². The lowest BCUT2D eigenvalue weighted by atomic mass is 10.0. The molecule has 0 aliphatic rings. The maximum absolute atomic E-state index is 9.98. The highest BCUT2D eigenvalue weighted by molar-refractivity contribution is 5.90. The molecule has 5 heteroatoms. The van der Waals surface area contributed by atoms with Gasteiger partial charge in [0.15, 0.2) is 0 Å². The van der Waals surface area contributed by atoms with Crippen molar-refractivity contribution in [3.63, 3.8) is 0 Å². The van der Waals surface area contributed by atoms with Crippen molar-refractivity contribution in [1.82, 2.24) is 9.55 Å². The summed E-state index contributed by atoms with van der Waals surface area (Å²) in [6.07, 6.45) is 0.871. The lowest BCUT2D eigenvalue weighted by Gasteiger charge is -2.14. The number of hydrogen-bond acceptors (Lipinski definition) is 4. The van der Waals surface area contributed by atoms with E-state index in [4.69, 9.17) is 4.74 Å². The third-order valence-electron chi connectivity index (χ3n) is 4.82. The van der Waals surface area contributed by atoms with Gasteiger partial charge in [-0.25, -0.2) is 4.98 Å². The van der Waals surface area contributed by atoms with E-state index in [1.54, 1.807) is 13.4 Å². The first-order chi connectivity index (χ1) is 13.7. The summed E-state index contributed by atoms with van der Waals surface area (Å²) in [7, 11) is 1.66. The number of hydrogen-bond donors (Lipinski definition) is 2. The molecule has 2 N–H and O–H groups in total. The van der Waals surface area contributed by atoms with Crippen molar-refractivity contribution >= 4 is 10.8 Å². The summed E-state index contributed by atoms with van der Waals surface area (Å²) in [6, 6.07) is 22.2. The highest BCUT2D eigenvalue weighted by Crippen LogP contribution is 2.33. The molecule has 0 saturated carbocycles. The normalized spacial score (nSPS) is 12.2. The van der Waals surface area contributed by atoms with Crippen LogP contribution in [0.15, 0.2) is 73.1 Å². The van der Waals surface area contributed by atoms with Gasteiger partial charge in [-0.2, -0.15) is 0 Å². The molecule has 0 fully saturated rings. The third-order valence-corrected chi connectivity index (χ3v) is 4.82. The zero-order valence-electron chi connectivity index (χ0n) is 15.6. The number of rotatable bonds is 6. The number of imidazole rings is 1. The molecule has 1 heterocycles. The van der Waals surface area contributed by atoms with Crippen LogP contribution < -0.4 is 4.74 Å². The molecule has 0 bridgehead atoms. The standard InChI is InChI=1S/C23H22N2O3/c1-28-21-10-9-17-11-19(8-7-18(17)12-21)23-22(16-5-3-2-4-6-16)24-15-25(23)13-20(27)14-26/h2-12,15,20,26-27H,13-14H2,1H3/t20-/m1/s1. The van der Waals surface area contributed by atoms with E-state index in [-0.39, 0.29) is 13.2 Å². The molecule has 142 valence electrons. The zero-order chi connectivity index (χ0) is 19.5. The van der Waals surface area contributed by atoms with Gasteiger partial charge in [0.2, 0.25) is 0 Å². The van der Waals surface area contributed by atoms with Crippen molar-refractivity contribution in [3.05, 3.63) is 73.1 Å². The smallest absolute Gasteiger partial charge is 0.119 e. The zero-order valence-corrected chi connectivity index (χ0v) is 15.6. The number of methoxy groups -OCH3 is 1.